The quantitative estimate of drug-likeness (QED) is 0.670. The normalized spacial score (nSPS) is 10.7. The minimum atomic E-state index is -0.157. The van der Waals surface area contributed by atoms with Crippen molar-refractivity contribution in [1.82, 2.24) is 15.0 Å². The first-order valence-electron chi connectivity index (χ1n) is 8.68. The molecule has 0 bridgehead atoms. The summed E-state index contributed by atoms with van der Waals surface area (Å²) in [5, 5.41) is 0.561. The maximum atomic E-state index is 12.5. The van der Waals surface area contributed by atoms with Crippen LogP contribution in [-0.2, 0) is 17.8 Å². The van der Waals surface area contributed by atoms with E-state index in [1.54, 1.807) is 12.1 Å². The van der Waals surface area contributed by atoms with Crippen molar-refractivity contribution in [2.45, 2.75) is 33.2 Å². The van der Waals surface area contributed by atoms with Crippen molar-refractivity contribution in [3.05, 3.63) is 70.0 Å². The van der Waals surface area contributed by atoms with Gasteiger partial charge in [0.1, 0.15) is 0 Å². The van der Waals surface area contributed by atoms with Gasteiger partial charge in [-0.15, -0.1) is 0 Å². The van der Waals surface area contributed by atoms with Gasteiger partial charge in [-0.2, -0.15) is 0 Å². The summed E-state index contributed by atoms with van der Waals surface area (Å²) in [6, 6.07) is 15.3. The van der Waals surface area contributed by atoms with Crippen LogP contribution in [0.1, 0.15) is 24.5 Å². The molecule has 0 radical (unpaired) electrons. The molecule has 0 aliphatic carbocycles. The van der Waals surface area contributed by atoms with Crippen LogP contribution in [0.15, 0.2) is 53.3 Å². The number of nitrogens with one attached hydrogen (secondary N) is 2. The first-order valence-corrected chi connectivity index (χ1v) is 8.68. The second kappa shape index (κ2) is 7.82. The molecule has 3 rings (SSSR count). The zero-order valence-electron chi connectivity index (χ0n) is 15.0. The Morgan fingerprint density at radius 2 is 1.85 bits per heavy atom. The highest BCUT2D eigenvalue weighted by Gasteiger charge is 2.10. The molecule has 6 heteroatoms. The highest BCUT2D eigenvalue weighted by atomic mass is 16.2. The molecular formula is C20H22N4O2. The van der Waals surface area contributed by atoms with Crippen molar-refractivity contribution in [2.75, 3.05) is 5.43 Å². The summed E-state index contributed by atoms with van der Waals surface area (Å²) in [6.07, 6.45) is 1.000. The molecule has 0 aliphatic rings. The zero-order chi connectivity index (χ0) is 18.5. The Morgan fingerprint density at radius 1 is 1.12 bits per heavy atom. The number of anilines is 1. The maximum absolute atomic E-state index is 12.5. The van der Waals surface area contributed by atoms with Gasteiger partial charge >= 0.3 is 0 Å². The molecule has 6 nitrogen and oxygen atoms in total. The molecule has 26 heavy (non-hydrogen) atoms. The van der Waals surface area contributed by atoms with Gasteiger partial charge in [0.15, 0.2) is 0 Å². The van der Waals surface area contributed by atoms with E-state index in [-0.39, 0.29) is 11.5 Å². The Balaban J connectivity index is 1.68. The third kappa shape index (κ3) is 3.91. The molecule has 0 aliphatic heterocycles. The number of carbonyl (C=O) groups is 1. The first-order chi connectivity index (χ1) is 12.6. The molecule has 0 spiro atoms. The SMILES string of the molecule is CCn1c(NNC(=O)CCc2ccc(C)cc2)nc2ccccc2c1=O. The second-order valence-corrected chi connectivity index (χ2v) is 6.16. The fourth-order valence-electron chi connectivity index (χ4n) is 2.76. The van der Waals surface area contributed by atoms with Crippen LogP contribution in [-0.4, -0.2) is 15.5 Å². The van der Waals surface area contributed by atoms with Crippen molar-refractivity contribution in [1.29, 1.82) is 0 Å². The molecule has 2 aromatic carbocycles. The average molecular weight is 350 g/mol. The van der Waals surface area contributed by atoms with E-state index >= 15 is 0 Å². The number of carbonyl (C=O) groups excluding carboxylic acids is 1. The smallest absolute Gasteiger partial charge is 0.262 e. The van der Waals surface area contributed by atoms with Gasteiger partial charge in [-0.1, -0.05) is 42.0 Å². The summed E-state index contributed by atoms with van der Waals surface area (Å²) in [7, 11) is 0. The first kappa shape index (κ1) is 17.7. The Hall–Kier alpha value is -3.15. The summed E-state index contributed by atoms with van der Waals surface area (Å²) >= 11 is 0. The van der Waals surface area contributed by atoms with Crippen LogP contribution in [0.3, 0.4) is 0 Å². The molecule has 134 valence electrons. The van der Waals surface area contributed by atoms with Gasteiger partial charge in [-0.25, -0.2) is 4.98 Å². The molecule has 0 saturated carbocycles. The monoisotopic (exact) mass is 350 g/mol. The average Bonchev–Trinajstić information content (AvgIpc) is 2.66. The molecule has 0 fully saturated rings. The van der Waals surface area contributed by atoms with Crippen LogP contribution in [0.4, 0.5) is 5.95 Å². The van der Waals surface area contributed by atoms with E-state index in [1.165, 1.54) is 10.1 Å². The van der Waals surface area contributed by atoms with Gasteiger partial charge in [0.2, 0.25) is 11.9 Å². The topological polar surface area (TPSA) is 76.0 Å². The Kier molecular flexibility index (Phi) is 5.31. The van der Waals surface area contributed by atoms with Crippen molar-refractivity contribution in [3.8, 4) is 0 Å². The van der Waals surface area contributed by atoms with Crippen LogP contribution in [0.25, 0.3) is 10.9 Å². The van der Waals surface area contributed by atoms with Crippen molar-refractivity contribution < 1.29 is 4.79 Å². The number of aromatic nitrogens is 2. The van der Waals surface area contributed by atoms with Crippen molar-refractivity contribution in [3.63, 3.8) is 0 Å². The number of para-hydroxylation sites is 1. The van der Waals surface area contributed by atoms with Crippen LogP contribution >= 0.6 is 0 Å². The van der Waals surface area contributed by atoms with E-state index in [0.717, 1.165) is 5.56 Å². The lowest BCUT2D eigenvalue weighted by atomic mass is 10.1. The fraction of sp³-hybridized carbons (Fsp3) is 0.250. The summed E-state index contributed by atoms with van der Waals surface area (Å²) in [6.45, 7) is 4.35. The van der Waals surface area contributed by atoms with Crippen LogP contribution in [0, 0.1) is 6.92 Å². The van der Waals surface area contributed by atoms with Crippen molar-refractivity contribution in [2.24, 2.45) is 0 Å². The number of hydrogen-bond donors (Lipinski definition) is 2. The van der Waals surface area contributed by atoms with E-state index in [4.69, 9.17) is 0 Å². The van der Waals surface area contributed by atoms with E-state index in [1.807, 2.05) is 50.2 Å². The second-order valence-electron chi connectivity index (χ2n) is 6.16. The molecule has 1 heterocycles. The molecule has 2 N–H and O–H groups in total. The van der Waals surface area contributed by atoms with E-state index < -0.39 is 0 Å². The predicted molar refractivity (Wildman–Crippen MR) is 103 cm³/mol. The number of amides is 1. The fourth-order valence-corrected chi connectivity index (χ4v) is 2.76. The number of hydrogen-bond acceptors (Lipinski definition) is 4. The van der Waals surface area contributed by atoms with Crippen LogP contribution in [0.5, 0.6) is 0 Å². The lowest BCUT2D eigenvalue weighted by Gasteiger charge is -2.14. The molecule has 1 amide bonds. The molecular weight excluding hydrogens is 328 g/mol. The summed E-state index contributed by atoms with van der Waals surface area (Å²) in [5.74, 6) is 0.176. The van der Waals surface area contributed by atoms with Gasteiger partial charge in [0, 0.05) is 13.0 Å². The maximum Gasteiger partial charge on any atom is 0.262 e. The summed E-state index contributed by atoms with van der Waals surface area (Å²) in [4.78, 5) is 29.1. The molecule has 3 aromatic rings. The molecule has 1 aromatic heterocycles. The number of fused-ring (bicyclic) bond motifs is 1. The van der Waals surface area contributed by atoms with Crippen molar-refractivity contribution >= 4 is 22.8 Å². The Bertz CT molecular complexity index is 977. The largest absolute Gasteiger partial charge is 0.277 e. The molecule has 0 atom stereocenters. The van der Waals surface area contributed by atoms with Gasteiger partial charge in [0.25, 0.3) is 5.56 Å². The number of nitrogens with zero attached hydrogens (tertiary/aromatic N) is 2. The molecule has 0 unspecified atom stereocenters. The lowest BCUT2D eigenvalue weighted by Crippen LogP contribution is -2.34. The number of rotatable bonds is 6. The van der Waals surface area contributed by atoms with Crippen LogP contribution in [0.2, 0.25) is 0 Å². The molecule has 0 saturated heterocycles. The standard InChI is InChI=1S/C20H22N4O2/c1-3-24-19(26)16-6-4-5-7-17(16)21-20(24)23-22-18(25)13-12-15-10-8-14(2)9-11-15/h4-11H,3,12-13H2,1-2H3,(H,21,23)(H,22,25). The Morgan fingerprint density at radius 3 is 2.58 bits per heavy atom. The zero-order valence-corrected chi connectivity index (χ0v) is 15.0. The van der Waals surface area contributed by atoms with E-state index in [9.17, 15) is 9.59 Å². The number of aryl methyl sites for hydroxylation is 2. The van der Waals surface area contributed by atoms with Gasteiger partial charge in [-0.3, -0.25) is 25.0 Å². The minimum Gasteiger partial charge on any atom is -0.277 e. The van der Waals surface area contributed by atoms with Gasteiger partial charge in [-0.05, 0) is 38.0 Å². The third-order valence-electron chi connectivity index (χ3n) is 4.25. The number of hydrazine groups is 1. The van der Waals surface area contributed by atoms with Gasteiger partial charge < -0.3 is 0 Å². The highest BCUT2D eigenvalue weighted by molar-refractivity contribution is 5.80. The Labute approximate surface area is 151 Å². The minimum absolute atomic E-state index is 0.130. The highest BCUT2D eigenvalue weighted by Crippen LogP contribution is 2.10. The third-order valence-corrected chi connectivity index (χ3v) is 4.25. The predicted octanol–water partition coefficient (Wildman–Crippen LogP) is 2.80. The van der Waals surface area contributed by atoms with E-state index in [0.29, 0.717) is 36.2 Å². The van der Waals surface area contributed by atoms with Crippen LogP contribution < -0.4 is 16.4 Å². The summed E-state index contributed by atoms with van der Waals surface area (Å²) < 4.78 is 1.50. The number of benzene rings is 2. The summed E-state index contributed by atoms with van der Waals surface area (Å²) in [5.41, 5.74) is 8.20. The van der Waals surface area contributed by atoms with Gasteiger partial charge in [0.05, 0.1) is 10.9 Å². The lowest BCUT2D eigenvalue weighted by molar-refractivity contribution is -0.120. The van der Waals surface area contributed by atoms with E-state index in [2.05, 4.69) is 15.8 Å².